The number of pyridine rings is 1. The molecular weight excluding hydrogens is 298 g/mol. The van der Waals surface area contributed by atoms with E-state index in [0.717, 1.165) is 51.1 Å². The summed E-state index contributed by atoms with van der Waals surface area (Å²) in [4.78, 5) is 9.43. The molecule has 1 saturated heterocycles. The van der Waals surface area contributed by atoms with Gasteiger partial charge < -0.3 is 14.9 Å². The third kappa shape index (κ3) is 4.56. The minimum atomic E-state index is 0.211. The smallest absolute Gasteiger partial charge is 0.0553 e. The second kappa shape index (κ2) is 8.27. The summed E-state index contributed by atoms with van der Waals surface area (Å²) in [6.07, 6.45) is 4.71. The fourth-order valence-corrected chi connectivity index (χ4v) is 3.09. The summed E-state index contributed by atoms with van der Waals surface area (Å²) in [5.41, 5.74) is 4.89. The molecule has 0 spiro atoms. The minimum absolute atomic E-state index is 0.211. The van der Waals surface area contributed by atoms with Crippen molar-refractivity contribution in [1.29, 1.82) is 0 Å². The van der Waals surface area contributed by atoms with Crippen LogP contribution in [0.1, 0.15) is 16.8 Å². The SMILES string of the molecule is CN1CCN(c2ccc(CCc3ccc(CCO)cc3)nc2)CC1. The number of aliphatic hydroxyl groups is 1. The van der Waals surface area contributed by atoms with Gasteiger partial charge in [0.05, 0.1) is 11.9 Å². The van der Waals surface area contributed by atoms with Crippen molar-refractivity contribution in [3.8, 4) is 0 Å². The standard InChI is InChI=1S/C20H27N3O/c1-22-11-13-23(14-12-22)20-9-8-19(21-16-20)7-6-17-2-4-18(5-3-17)10-15-24/h2-5,8-9,16,24H,6-7,10-15H2,1H3. The average molecular weight is 325 g/mol. The van der Waals surface area contributed by atoms with Gasteiger partial charge in [0.15, 0.2) is 0 Å². The van der Waals surface area contributed by atoms with Crippen LogP contribution in [0.3, 0.4) is 0 Å². The van der Waals surface area contributed by atoms with E-state index < -0.39 is 0 Å². The molecule has 0 radical (unpaired) electrons. The zero-order chi connectivity index (χ0) is 16.8. The maximum absolute atomic E-state index is 8.96. The second-order valence-electron chi connectivity index (χ2n) is 6.59. The van der Waals surface area contributed by atoms with Gasteiger partial charge in [-0.05, 0) is 49.6 Å². The molecule has 2 heterocycles. The van der Waals surface area contributed by atoms with Crippen LogP contribution in [0.2, 0.25) is 0 Å². The first kappa shape index (κ1) is 16.9. The van der Waals surface area contributed by atoms with Crippen LogP contribution in [-0.4, -0.2) is 54.8 Å². The van der Waals surface area contributed by atoms with Gasteiger partial charge in [0.1, 0.15) is 0 Å². The Hall–Kier alpha value is -1.91. The Bertz CT molecular complexity index is 616. The van der Waals surface area contributed by atoms with Crippen LogP contribution in [-0.2, 0) is 19.3 Å². The van der Waals surface area contributed by atoms with Crippen molar-refractivity contribution in [2.24, 2.45) is 0 Å². The van der Waals surface area contributed by atoms with Crippen LogP contribution in [0, 0.1) is 0 Å². The second-order valence-corrected chi connectivity index (χ2v) is 6.59. The lowest BCUT2D eigenvalue weighted by molar-refractivity contribution is 0.299. The molecule has 0 unspecified atom stereocenters. The first-order chi connectivity index (χ1) is 11.7. The van der Waals surface area contributed by atoms with Crippen LogP contribution in [0.25, 0.3) is 0 Å². The van der Waals surface area contributed by atoms with Gasteiger partial charge in [0.25, 0.3) is 0 Å². The van der Waals surface area contributed by atoms with E-state index in [1.165, 1.54) is 16.8 Å². The van der Waals surface area contributed by atoms with Gasteiger partial charge in [-0.15, -0.1) is 0 Å². The third-order valence-corrected chi connectivity index (χ3v) is 4.77. The summed E-state index contributed by atoms with van der Waals surface area (Å²) < 4.78 is 0. The summed E-state index contributed by atoms with van der Waals surface area (Å²) in [7, 11) is 2.18. The predicted molar refractivity (Wildman–Crippen MR) is 98.6 cm³/mol. The molecule has 2 aromatic rings. The number of nitrogens with zero attached hydrogens (tertiary/aromatic N) is 3. The molecule has 0 aliphatic carbocycles. The molecule has 4 nitrogen and oxygen atoms in total. The summed E-state index contributed by atoms with van der Waals surface area (Å²) in [5, 5.41) is 8.96. The van der Waals surface area contributed by atoms with E-state index in [2.05, 4.69) is 58.2 Å². The van der Waals surface area contributed by atoms with Gasteiger partial charge in [0.2, 0.25) is 0 Å². The monoisotopic (exact) mass is 325 g/mol. The molecule has 4 heteroatoms. The van der Waals surface area contributed by atoms with E-state index >= 15 is 0 Å². The molecule has 1 aromatic heterocycles. The van der Waals surface area contributed by atoms with Crippen LogP contribution in [0.5, 0.6) is 0 Å². The van der Waals surface area contributed by atoms with Crippen molar-refractivity contribution < 1.29 is 5.11 Å². The number of likely N-dealkylation sites (N-methyl/N-ethyl adjacent to an activating group) is 1. The molecule has 0 amide bonds. The number of aryl methyl sites for hydroxylation is 2. The predicted octanol–water partition coefficient (Wildman–Crippen LogP) is 2.15. The Morgan fingerprint density at radius 1 is 0.875 bits per heavy atom. The number of aliphatic hydroxyl groups excluding tert-OH is 1. The van der Waals surface area contributed by atoms with Crippen molar-refractivity contribution in [2.45, 2.75) is 19.3 Å². The number of hydrogen-bond donors (Lipinski definition) is 1. The maximum atomic E-state index is 8.96. The molecule has 24 heavy (non-hydrogen) atoms. The first-order valence-electron chi connectivity index (χ1n) is 8.82. The lowest BCUT2D eigenvalue weighted by atomic mass is 10.0. The zero-order valence-corrected chi connectivity index (χ0v) is 14.5. The fourth-order valence-electron chi connectivity index (χ4n) is 3.09. The van der Waals surface area contributed by atoms with Crippen LogP contribution < -0.4 is 4.90 Å². The topological polar surface area (TPSA) is 39.6 Å². The van der Waals surface area contributed by atoms with E-state index in [4.69, 9.17) is 5.11 Å². The molecular formula is C20H27N3O. The van der Waals surface area contributed by atoms with E-state index in [-0.39, 0.29) is 6.61 Å². The van der Waals surface area contributed by atoms with Crippen LogP contribution >= 0.6 is 0 Å². The van der Waals surface area contributed by atoms with Gasteiger partial charge >= 0.3 is 0 Å². The van der Waals surface area contributed by atoms with Gasteiger partial charge in [-0.3, -0.25) is 4.98 Å². The van der Waals surface area contributed by atoms with Crippen molar-refractivity contribution in [1.82, 2.24) is 9.88 Å². The fraction of sp³-hybridized carbons (Fsp3) is 0.450. The molecule has 1 aliphatic rings. The van der Waals surface area contributed by atoms with Crippen molar-refractivity contribution >= 4 is 5.69 Å². The molecule has 1 aliphatic heterocycles. The van der Waals surface area contributed by atoms with E-state index in [1.807, 2.05) is 6.20 Å². The summed E-state index contributed by atoms with van der Waals surface area (Å²) in [6.45, 7) is 4.61. The largest absolute Gasteiger partial charge is 0.396 e. The van der Waals surface area contributed by atoms with E-state index in [0.29, 0.717) is 0 Å². The van der Waals surface area contributed by atoms with Crippen LogP contribution in [0.4, 0.5) is 5.69 Å². The van der Waals surface area contributed by atoms with Crippen LogP contribution in [0.15, 0.2) is 42.6 Å². The molecule has 3 rings (SSSR count). The number of rotatable bonds is 6. The minimum Gasteiger partial charge on any atom is -0.396 e. The molecule has 0 atom stereocenters. The van der Waals surface area contributed by atoms with Crippen molar-refractivity contribution in [3.63, 3.8) is 0 Å². The highest BCUT2D eigenvalue weighted by Gasteiger charge is 2.14. The van der Waals surface area contributed by atoms with E-state index in [9.17, 15) is 0 Å². The molecule has 0 saturated carbocycles. The quantitative estimate of drug-likeness (QED) is 0.883. The van der Waals surface area contributed by atoms with Crippen molar-refractivity contribution in [2.75, 3.05) is 44.7 Å². The average Bonchev–Trinajstić information content (AvgIpc) is 2.63. The normalized spacial score (nSPS) is 15.7. The summed E-state index contributed by atoms with van der Waals surface area (Å²) in [6, 6.07) is 12.9. The Balaban J connectivity index is 1.52. The summed E-state index contributed by atoms with van der Waals surface area (Å²) >= 11 is 0. The number of aromatic nitrogens is 1. The number of piperazine rings is 1. The van der Waals surface area contributed by atoms with Crippen molar-refractivity contribution in [3.05, 3.63) is 59.4 Å². The molecule has 1 aromatic carbocycles. The third-order valence-electron chi connectivity index (χ3n) is 4.77. The molecule has 1 N–H and O–H groups in total. The van der Waals surface area contributed by atoms with Gasteiger partial charge in [0, 0.05) is 38.5 Å². The molecule has 128 valence electrons. The lowest BCUT2D eigenvalue weighted by Crippen LogP contribution is -2.44. The maximum Gasteiger partial charge on any atom is 0.0553 e. The van der Waals surface area contributed by atoms with E-state index in [1.54, 1.807) is 0 Å². The first-order valence-corrected chi connectivity index (χ1v) is 8.82. The number of hydrogen-bond acceptors (Lipinski definition) is 4. The highest BCUT2D eigenvalue weighted by Crippen LogP contribution is 2.16. The number of benzene rings is 1. The lowest BCUT2D eigenvalue weighted by Gasteiger charge is -2.33. The highest BCUT2D eigenvalue weighted by molar-refractivity contribution is 5.45. The Kier molecular flexibility index (Phi) is 5.83. The van der Waals surface area contributed by atoms with Gasteiger partial charge in [-0.1, -0.05) is 24.3 Å². The highest BCUT2D eigenvalue weighted by atomic mass is 16.2. The molecule has 0 bridgehead atoms. The van der Waals surface area contributed by atoms with Gasteiger partial charge in [-0.25, -0.2) is 0 Å². The Morgan fingerprint density at radius 3 is 2.12 bits per heavy atom. The Morgan fingerprint density at radius 2 is 1.54 bits per heavy atom. The van der Waals surface area contributed by atoms with Gasteiger partial charge in [-0.2, -0.15) is 0 Å². The summed E-state index contributed by atoms with van der Waals surface area (Å²) in [5.74, 6) is 0. The Labute approximate surface area is 144 Å². The molecule has 1 fully saturated rings. The number of anilines is 1. The zero-order valence-electron chi connectivity index (χ0n) is 14.5.